The van der Waals surface area contributed by atoms with Crippen LogP contribution in [0.3, 0.4) is 0 Å². The second kappa shape index (κ2) is 6.65. The van der Waals surface area contributed by atoms with Gasteiger partial charge in [0.1, 0.15) is 23.2 Å². The second-order valence-corrected chi connectivity index (χ2v) is 6.17. The van der Waals surface area contributed by atoms with Crippen molar-refractivity contribution in [1.82, 2.24) is 0 Å². The Balaban J connectivity index is 2.74. The van der Waals surface area contributed by atoms with Gasteiger partial charge in [-0.05, 0) is 32.9 Å². The van der Waals surface area contributed by atoms with Crippen molar-refractivity contribution < 1.29 is 24.2 Å². The third-order valence-electron chi connectivity index (χ3n) is 3.03. The molecule has 2 rings (SSSR count). The van der Waals surface area contributed by atoms with Crippen molar-refractivity contribution in [3.63, 3.8) is 0 Å². The molecule has 130 valence electrons. The molecule has 2 N–H and O–H groups in total. The molecule has 25 heavy (non-hydrogen) atoms. The van der Waals surface area contributed by atoms with Gasteiger partial charge < -0.3 is 20.3 Å². The monoisotopic (exact) mass is 345 g/mol. The number of hydrogen-bond acceptors (Lipinski definition) is 6. The van der Waals surface area contributed by atoms with Crippen molar-refractivity contribution in [2.45, 2.75) is 26.4 Å². The number of aromatic hydroxyl groups is 2. The van der Waals surface area contributed by atoms with E-state index in [1.54, 1.807) is 26.8 Å². The summed E-state index contributed by atoms with van der Waals surface area (Å²) in [6.07, 6.45) is 1.11. The average Bonchev–Trinajstić information content (AvgIpc) is 2.51. The number of nitrogens with zero attached hydrogens (tertiary/aromatic N) is 3. The number of hydrogen-bond donors (Lipinski definition) is 2. The van der Waals surface area contributed by atoms with E-state index in [1.807, 2.05) is 0 Å². The number of phenolic OH excluding ortho intramolecular Hbond substituents is 1. The Morgan fingerprint density at radius 1 is 1.32 bits per heavy atom. The Bertz CT molecular complexity index is 862. The van der Waals surface area contributed by atoms with Gasteiger partial charge in [-0.3, -0.25) is 0 Å². The lowest BCUT2D eigenvalue weighted by Crippen LogP contribution is -2.35. The van der Waals surface area contributed by atoms with Crippen LogP contribution in [0.4, 0.5) is 4.39 Å². The van der Waals surface area contributed by atoms with Crippen molar-refractivity contribution in [2.75, 3.05) is 0 Å². The predicted octanol–water partition coefficient (Wildman–Crippen LogP) is 2.31. The van der Waals surface area contributed by atoms with Crippen LogP contribution in [0.2, 0.25) is 0 Å². The fraction of sp³-hybridized carbons (Fsp3) is 0.235. The molecule has 0 saturated heterocycles. The normalized spacial score (nSPS) is 11.9. The molecule has 0 aliphatic heterocycles. The first-order chi connectivity index (χ1) is 11.6. The van der Waals surface area contributed by atoms with Gasteiger partial charge in [0.05, 0.1) is 11.1 Å². The molecule has 0 radical (unpaired) electrons. The van der Waals surface area contributed by atoms with Gasteiger partial charge in [-0.1, -0.05) is 5.16 Å². The molecule has 0 aliphatic rings. The first-order valence-electron chi connectivity index (χ1n) is 7.24. The minimum atomic E-state index is -0.911. The molecule has 1 aromatic carbocycles. The average molecular weight is 345 g/mol. The zero-order valence-corrected chi connectivity index (χ0v) is 13.8. The molecule has 0 bridgehead atoms. The minimum Gasteiger partial charge on any atom is -0.618 e. The van der Waals surface area contributed by atoms with Crippen LogP contribution in [0.5, 0.6) is 11.5 Å². The lowest BCUT2D eigenvalue weighted by atomic mass is 10.0. The van der Waals surface area contributed by atoms with E-state index < -0.39 is 22.9 Å². The van der Waals surface area contributed by atoms with Gasteiger partial charge in [0.15, 0.2) is 17.7 Å². The number of nitriles is 1. The summed E-state index contributed by atoms with van der Waals surface area (Å²) in [6.45, 7) is 5.09. The quantitative estimate of drug-likeness (QED) is 0.384. The molecule has 2 aromatic rings. The van der Waals surface area contributed by atoms with Crippen molar-refractivity contribution in [2.24, 2.45) is 5.16 Å². The van der Waals surface area contributed by atoms with Gasteiger partial charge >= 0.3 is 0 Å². The number of pyridine rings is 1. The van der Waals surface area contributed by atoms with Gasteiger partial charge in [-0.25, -0.2) is 4.39 Å². The zero-order valence-electron chi connectivity index (χ0n) is 13.8. The molecule has 0 spiro atoms. The molecule has 0 fully saturated rings. The molecule has 0 unspecified atom stereocenters. The summed E-state index contributed by atoms with van der Waals surface area (Å²) in [5.74, 6) is -1.83. The number of phenols is 1. The molecule has 0 aliphatic carbocycles. The van der Waals surface area contributed by atoms with Crippen LogP contribution in [0.1, 0.15) is 37.6 Å². The summed E-state index contributed by atoms with van der Waals surface area (Å²) in [6, 6.07) is 5.92. The standard InChI is InChI=1S/C17H16FN3O4/c1-17(2,3)25-20-15(16-13(22)5-4-6-21(16)24)11-8-12(18)10(9-19)7-14(11)23/h4-8,22-23H,1-3H3/b20-15-. The topological polar surface area (TPSA) is 113 Å². The minimum absolute atomic E-state index is 0.202. The molecule has 0 amide bonds. The SMILES string of the molecule is CC(C)(C)O/N=C(/c1cc(F)c(C#N)cc1O)c1c(O)ccc[n+]1[O-]. The highest BCUT2D eigenvalue weighted by Gasteiger charge is 2.27. The van der Waals surface area contributed by atoms with E-state index >= 15 is 0 Å². The molecular weight excluding hydrogens is 329 g/mol. The molecule has 8 heteroatoms. The Labute approximate surface area is 143 Å². The molecule has 0 saturated carbocycles. The number of oxime groups is 1. The first kappa shape index (κ1) is 18.0. The van der Waals surface area contributed by atoms with E-state index in [0.717, 1.165) is 18.3 Å². The number of rotatable bonds is 3. The molecular formula is C17H16FN3O4. The summed E-state index contributed by atoms with van der Waals surface area (Å²) in [4.78, 5) is 5.29. The van der Waals surface area contributed by atoms with E-state index in [9.17, 15) is 19.8 Å². The molecule has 7 nitrogen and oxygen atoms in total. The Hall–Kier alpha value is -3.34. The van der Waals surface area contributed by atoms with E-state index in [1.165, 1.54) is 12.1 Å². The van der Waals surface area contributed by atoms with Crippen molar-refractivity contribution in [3.8, 4) is 17.6 Å². The van der Waals surface area contributed by atoms with Crippen LogP contribution < -0.4 is 4.73 Å². The maximum absolute atomic E-state index is 14.0. The molecule has 0 atom stereocenters. The maximum atomic E-state index is 14.0. The van der Waals surface area contributed by atoms with E-state index in [4.69, 9.17) is 10.1 Å². The largest absolute Gasteiger partial charge is 0.618 e. The van der Waals surface area contributed by atoms with Crippen LogP contribution in [-0.2, 0) is 4.84 Å². The van der Waals surface area contributed by atoms with Gasteiger partial charge in [0.2, 0.25) is 0 Å². The van der Waals surface area contributed by atoms with Crippen molar-refractivity contribution in [3.05, 3.63) is 58.3 Å². The van der Waals surface area contributed by atoms with Gasteiger partial charge in [-0.15, -0.1) is 0 Å². The summed E-state index contributed by atoms with van der Waals surface area (Å²) in [5.41, 5.74) is -1.92. The third-order valence-corrected chi connectivity index (χ3v) is 3.03. The van der Waals surface area contributed by atoms with Crippen molar-refractivity contribution >= 4 is 5.71 Å². The Kier molecular flexibility index (Phi) is 4.79. The van der Waals surface area contributed by atoms with Crippen LogP contribution in [0.25, 0.3) is 0 Å². The van der Waals surface area contributed by atoms with E-state index in [-0.39, 0.29) is 22.5 Å². The zero-order chi connectivity index (χ0) is 18.8. The highest BCUT2D eigenvalue weighted by atomic mass is 19.1. The lowest BCUT2D eigenvalue weighted by Gasteiger charge is -2.17. The number of benzene rings is 1. The Morgan fingerprint density at radius 2 is 2.00 bits per heavy atom. The molecule has 1 heterocycles. The number of aromatic nitrogens is 1. The maximum Gasteiger partial charge on any atom is 0.288 e. The smallest absolute Gasteiger partial charge is 0.288 e. The summed E-state index contributed by atoms with van der Waals surface area (Å²) in [5, 5.41) is 44.9. The van der Waals surface area contributed by atoms with Gasteiger partial charge in [0.25, 0.3) is 5.69 Å². The van der Waals surface area contributed by atoms with Crippen LogP contribution in [0, 0.1) is 22.4 Å². The third kappa shape index (κ3) is 3.95. The van der Waals surface area contributed by atoms with Gasteiger partial charge in [0, 0.05) is 12.1 Å². The predicted molar refractivity (Wildman–Crippen MR) is 86.3 cm³/mol. The van der Waals surface area contributed by atoms with E-state index in [0.29, 0.717) is 4.73 Å². The second-order valence-electron chi connectivity index (χ2n) is 6.17. The van der Waals surface area contributed by atoms with Gasteiger partial charge in [-0.2, -0.15) is 9.99 Å². The fourth-order valence-electron chi connectivity index (χ4n) is 1.94. The van der Waals surface area contributed by atoms with Crippen LogP contribution in [-0.4, -0.2) is 21.5 Å². The van der Waals surface area contributed by atoms with E-state index in [2.05, 4.69) is 5.16 Å². The lowest BCUT2D eigenvalue weighted by molar-refractivity contribution is -0.607. The molecule has 1 aromatic heterocycles. The summed E-state index contributed by atoms with van der Waals surface area (Å²) >= 11 is 0. The highest BCUT2D eigenvalue weighted by molar-refractivity contribution is 6.13. The number of halogens is 1. The summed E-state index contributed by atoms with van der Waals surface area (Å²) < 4.78 is 14.3. The van der Waals surface area contributed by atoms with Crippen molar-refractivity contribution in [1.29, 1.82) is 5.26 Å². The van der Waals surface area contributed by atoms with Crippen LogP contribution >= 0.6 is 0 Å². The highest BCUT2D eigenvalue weighted by Crippen LogP contribution is 2.27. The first-order valence-corrected chi connectivity index (χ1v) is 7.24. The van der Waals surface area contributed by atoms with Crippen LogP contribution in [0.15, 0.2) is 35.6 Å². The fourth-order valence-corrected chi connectivity index (χ4v) is 1.94. The summed E-state index contributed by atoms with van der Waals surface area (Å²) in [7, 11) is 0. The Morgan fingerprint density at radius 3 is 2.56 bits per heavy atom.